The molecule has 94 valence electrons. The molecule has 6 heteroatoms. The predicted octanol–water partition coefficient (Wildman–Crippen LogP) is 3.85. The van der Waals surface area contributed by atoms with Crippen molar-refractivity contribution in [2.45, 2.75) is 11.8 Å². The van der Waals surface area contributed by atoms with E-state index < -0.39 is 10.3 Å². The molecule has 0 radical (unpaired) electrons. The molecular formula is C12H9ClFNO3. The summed E-state index contributed by atoms with van der Waals surface area (Å²) in [5, 5.41) is 9.94. The van der Waals surface area contributed by atoms with Gasteiger partial charge >= 0.3 is 5.88 Å². The van der Waals surface area contributed by atoms with Gasteiger partial charge in [-0.3, -0.25) is 10.1 Å². The lowest BCUT2D eigenvalue weighted by Gasteiger charge is -2.05. The molecule has 2 rings (SSSR count). The van der Waals surface area contributed by atoms with Gasteiger partial charge in [-0.1, -0.05) is 12.1 Å². The third kappa shape index (κ3) is 2.87. The van der Waals surface area contributed by atoms with E-state index in [0.717, 1.165) is 5.56 Å². The Balaban J connectivity index is 2.09. The Morgan fingerprint density at radius 1 is 1.28 bits per heavy atom. The van der Waals surface area contributed by atoms with Crippen molar-refractivity contribution in [2.75, 3.05) is 0 Å². The molecule has 0 aliphatic heterocycles. The molecular weight excluding hydrogens is 261 g/mol. The quantitative estimate of drug-likeness (QED) is 0.481. The van der Waals surface area contributed by atoms with E-state index >= 15 is 0 Å². The van der Waals surface area contributed by atoms with Crippen LogP contribution in [0.2, 0.25) is 0 Å². The monoisotopic (exact) mass is 269 g/mol. The summed E-state index contributed by atoms with van der Waals surface area (Å²) in [6.45, 7) is 0. The molecule has 2 aromatic rings. The highest BCUT2D eigenvalue weighted by Gasteiger charge is 2.18. The Morgan fingerprint density at radius 3 is 2.50 bits per heavy atom. The minimum absolute atomic E-state index is 0.321. The van der Waals surface area contributed by atoms with E-state index in [1.165, 1.54) is 24.3 Å². The second kappa shape index (κ2) is 5.18. The van der Waals surface area contributed by atoms with Crippen LogP contribution in [0.25, 0.3) is 0 Å². The zero-order chi connectivity index (χ0) is 13.1. The van der Waals surface area contributed by atoms with E-state index in [0.29, 0.717) is 12.2 Å². The third-order valence-corrected chi connectivity index (χ3v) is 2.80. The number of hydrogen-bond acceptors (Lipinski definition) is 3. The van der Waals surface area contributed by atoms with E-state index in [9.17, 15) is 14.5 Å². The van der Waals surface area contributed by atoms with E-state index in [1.807, 2.05) is 0 Å². The fourth-order valence-corrected chi connectivity index (χ4v) is 1.83. The summed E-state index contributed by atoms with van der Waals surface area (Å²) >= 11 is 6.09. The standard InChI is InChI=1S/C12H9ClFNO3/c13-10(7-8-1-3-9(14)4-2-8)11-5-6-12(18-11)15(16)17/h1-6,10H,7H2. The van der Waals surface area contributed by atoms with Gasteiger partial charge in [-0.2, -0.15) is 0 Å². The van der Waals surface area contributed by atoms with Crippen LogP contribution in [0.3, 0.4) is 0 Å². The lowest BCUT2D eigenvalue weighted by atomic mass is 10.1. The van der Waals surface area contributed by atoms with Gasteiger partial charge in [0.25, 0.3) is 0 Å². The second-order valence-electron chi connectivity index (χ2n) is 3.73. The molecule has 4 nitrogen and oxygen atoms in total. The Bertz CT molecular complexity index is 553. The molecule has 0 bridgehead atoms. The molecule has 1 heterocycles. The van der Waals surface area contributed by atoms with Gasteiger partial charge in [-0.15, -0.1) is 11.6 Å². The molecule has 0 aliphatic rings. The molecule has 0 aliphatic carbocycles. The lowest BCUT2D eigenvalue weighted by molar-refractivity contribution is -0.402. The smallest absolute Gasteiger partial charge is 0.404 e. The first-order valence-corrected chi connectivity index (χ1v) is 5.62. The van der Waals surface area contributed by atoms with Crippen molar-refractivity contribution in [2.24, 2.45) is 0 Å². The summed E-state index contributed by atoms with van der Waals surface area (Å²) in [7, 11) is 0. The maximum atomic E-state index is 12.7. The van der Waals surface area contributed by atoms with Crippen LogP contribution in [0.5, 0.6) is 0 Å². The minimum Gasteiger partial charge on any atom is -0.404 e. The van der Waals surface area contributed by atoms with Gasteiger partial charge in [0.1, 0.15) is 16.5 Å². The van der Waals surface area contributed by atoms with Crippen molar-refractivity contribution in [1.82, 2.24) is 0 Å². The first kappa shape index (κ1) is 12.6. The second-order valence-corrected chi connectivity index (χ2v) is 4.26. The summed E-state index contributed by atoms with van der Waals surface area (Å²) < 4.78 is 17.7. The van der Waals surface area contributed by atoms with Gasteiger partial charge in [-0.25, -0.2) is 4.39 Å². The van der Waals surface area contributed by atoms with Crippen molar-refractivity contribution in [3.05, 3.63) is 63.7 Å². The van der Waals surface area contributed by atoms with E-state index in [4.69, 9.17) is 16.0 Å². The summed E-state index contributed by atoms with van der Waals surface area (Å²) in [4.78, 5) is 9.84. The van der Waals surface area contributed by atoms with Crippen LogP contribution < -0.4 is 0 Å². The van der Waals surface area contributed by atoms with Gasteiger partial charge in [-0.05, 0) is 30.2 Å². The molecule has 1 aromatic carbocycles. The largest absolute Gasteiger partial charge is 0.433 e. The number of benzene rings is 1. The zero-order valence-electron chi connectivity index (χ0n) is 9.18. The van der Waals surface area contributed by atoms with Crippen LogP contribution in [0.1, 0.15) is 16.7 Å². The van der Waals surface area contributed by atoms with Crippen molar-refractivity contribution in [3.8, 4) is 0 Å². The number of nitrogens with zero attached hydrogens (tertiary/aromatic N) is 1. The predicted molar refractivity (Wildman–Crippen MR) is 64.1 cm³/mol. The van der Waals surface area contributed by atoms with Crippen LogP contribution in [0.15, 0.2) is 40.8 Å². The van der Waals surface area contributed by atoms with Gasteiger partial charge in [0.05, 0.1) is 11.4 Å². The van der Waals surface area contributed by atoms with Crippen LogP contribution in [0, 0.1) is 15.9 Å². The van der Waals surface area contributed by atoms with Crippen molar-refractivity contribution < 1.29 is 13.7 Å². The molecule has 1 atom stereocenters. The molecule has 0 spiro atoms. The summed E-state index contributed by atoms with van der Waals surface area (Å²) in [6.07, 6.45) is 0.409. The van der Waals surface area contributed by atoms with E-state index in [1.54, 1.807) is 12.1 Å². The molecule has 0 saturated carbocycles. The Kier molecular flexibility index (Phi) is 3.62. The molecule has 0 N–H and O–H groups in total. The normalized spacial score (nSPS) is 12.3. The third-order valence-electron chi connectivity index (χ3n) is 2.43. The highest BCUT2D eigenvalue weighted by molar-refractivity contribution is 6.20. The molecule has 0 fully saturated rings. The van der Waals surface area contributed by atoms with Gasteiger partial charge in [0.2, 0.25) is 0 Å². The number of halogens is 2. The van der Waals surface area contributed by atoms with Crippen LogP contribution in [0.4, 0.5) is 10.3 Å². The zero-order valence-corrected chi connectivity index (χ0v) is 9.93. The SMILES string of the molecule is O=[N+]([O-])c1ccc(C(Cl)Cc2ccc(F)cc2)o1. The van der Waals surface area contributed by atoms with Crippen molar-refractivity contribution in [3.63, 3.8) is 0 Å². The van der Waals surface area contributed by atoms with Gasteiger partial charge in [0.15, 0.2) is 0 Å². The van der Waals surface area contributed by atoms with Gasteiger partial charge < -0.3 is 4.42 Å². The topological polar surface area (TPSA) is 56.3 Å². The number of hydrogen-bond donors (Lipinski definition) is 0. The highest BCUT2D eigenvalue weighted by Crippen LogP contribution is 2.29. The summed E-state index contributed by atoms with van der Waals surface area (Å²) in [5.74, 6) is -0.332. The Hall–Kier alpha value is -1.88. The molecule has 0 saturated heterocycles. The first-order valence-electron chi connectivity index (χ1n) is 5.19. The maximum absolute atomic E-state index is 12.7. The fraction of sp³-hybridized carbons (Fsp3) is 0.167. The maximum Gasteiger partial charge on any atom is 0.433 e. The number of rotatable bonds is 4. The van der Waals surface area contributed by atoms with E-state index in [2.05, 4.69) is 0 Å². The average molecular weight is 270 g/mol. The van der Waals surface area contributed by atoms with Crippen molar-refractivity contribution in [1.29, 1.82) is 0 Å². The number of furan rings is 1. The van der Waals surface area contributed by atoms with Crippen LogP contribution in [-0.4, -0.2) is 4.92 Å². The molecule has 1 aromatic heterocycles. The first-order chi connectivity index (χ1) is 8.56. The minimum atomic E-state index is -0.620. The van der Waals surface area contributed by atoms with E-state index in [-0.39, 0.29) is 11.7 Å². The summed E-state index contributed by atoms with van der Waals surface area (Å²) in [5.41, 5.74) is 0.829. The number of alkyl halides is 1. The Morgan fingerprint density at radius 2 is 1.94 bits per heavy atom. The molecule has 0 amide bonds. The Labute approximate surface area is 107 Å². The van der Waals surface area contributed by atoms with Crippen LogP contribution in [-0.2, 0) is 6.42 Å². The number of nitro groups is 1. The fourth-order valence-electron chi connectivity index (χ4n) is 1.54. The highest BCUT2D eigenvalue weighted by atomic mass is 35.5. The van der Waals surface area contributed by atoms with Crippen molar-refractivity contribution >= 4 is 17.5 Å². The molecule has 18 heavy (non-hydrogen) atoms. The average Bonchev–Trinajstić information content (AvgIpc) is 2.81. The summed E-state index contributed by atoms with van der Waals surface area (Å²) in [6, 6.07) is 8.63. The lowest BCUT2D eigenvalue weighted by Crippen LogP contribution is -1.94. The molecule has 1 unspecified atom stereocenters. The van der Waals surface area contributed by atoms with Crippen LogP contribution >= 0.6 is 11.6 Å². The van der Waals surface area contributed by atoms with Gasteiger partial charge in [0, 0.05) is 0 Å².